The van der Waals surface area contributed by atoms with E-state index in [0.29, 0.717) is 13.1 Å². The number of rotatable bonds is 9. The van der Waals surface area contributed by atoms with E-state index in [1.165, 1.54) is 5.56 Å². The lowest BCUT2D eigenvalue weighted by Gasteiger charge is -2.24. The molecular weight excluding hydrogens is 308 g/mol. The highest BCUT2D eigenvalue weighted by Crippen LogP contribution is 2.19. The Morgan fingerprint density at radius 1 is 1.11 bits per heavy atom. The topological polar surface area (TPSA) is 55.7 Å². The Kier molecular flexibility index (Phi) is 8.25. The van der Waals surface area contributed by atoms with E-state index in [2.05, 4.69) is 38.3 Å². The smallest absolute Gasteiger partial charge is 0.0558 e. The molecule has 0 aromatic heterocycles. The first kappa shape index (κ1) is 16.6. The summed E-state index contributed by atoms with van der Waals surface area (Å²) in [6.07, 6.45) is 0.943. The van der Waals surface area contributed by atoms with Crippen molar-refractivity contribution >= 4 is 15.9 Å². The molecular formula is C14H23BrN2O2. The van der Waals surface area contributed by atoms with Crippen LogP contribution in [0.25, 0.3) is 0 Å². The largest absolute Gasteiger partial charge is 0.395 e. The molecule has 0 spiro atoms. The molecule has 0 aliphatic carbocycles. The second-order valence-corrected chi connectivity index (χ2v) is 5.39. The zero-order chi connectivity index (χ0) is 14.1. The van der Waals surface area contributed by atoms with Crippen LogP contribution in [0.15, 0.2) is 28.7 Å². The molecule has 0 radical (unpaired) electrons. The van der Waals surface area contributed by atoms with Gasteiger partial charge in [0.2, 0.25) is 0 Å². The number of aliphatic hydroxyl groups is 2. The highest BCUT2D eigenvalue weighted by molar-refractivity contribution is 9.10. The normalized spacial score (nSPS) is 12.9. The van der Waals surface area contributed by atoms with Crippen LogP contribution >= 0.6 is 15.9 Å². The maximum Gasteiger partial charge on any atom is 0.0558 e. The van der Waals surface area contributed by atoms with Crippen LogP contribution in [0.2, 0.25) is 0 Å². The van der Waals surface area contributed by atoms with Crippen molar-refractivity contribution in [1.29, 1.82) is 0 Å². The van der Waals surface area contributed by atoms with Gasteiger partial charge >= 0.3 is 0 Å². The Bertz CT molecular complexity index is 340. The van der Waals surface area contributed by atoms with Gasteiger partial charge in [0, 0.05) is 30.1 Å². The number of nitrogens with one attached hydrogen (secondary N) is 1. The summed E-state index contributed by atoms with van der Waals surface area (Å²) in [6, 6.07) is 8.58. The predicted octanol–water partition coefficient (Wildman–Crippen LogP) is 1.39. The second kappa shape index (κ2) is 9.44. The molecule has 0 saturated heterocycles. The molecule has 1 unspecified atom stereocenters. The van der Waals surface area contributed by atoms with Crippen molar-refractivity contribution in [2.75, 3.05) is 39.9 Å². The molecule has 4 nitrogen and oxygen atoms in total. The Hall–Kier alpha value is -0.460. The lowest BCUT2D eigenvalue weighted by molar-refractivity contribution is 0.156. The maximum absolute atomic E-state index is 8.99. The lowest BCUT2D eigenvalue weighted by Crippen LogP contribution is -2.33. The molecule has 0 amide bonds. The van der Waals surface area contributed by atoms with Crippen molar-refractivity contribution in [1.82, 2.24) is 10.2 Å². The standard InChI is InChI=1S/C14H23BrN2O2/c1-16-14(12-2-4-13(15)5-3-12)6-7-17(8-10-18)9-11-19/h2-5,14,16,18-19H,6-11H2,1H3. The Balaban J connectivity index is 2.53. The van der Waals surface area contributed by atoms with Crippen LogP contribution in [0.5, 0.6) is 0 Å². The van der Waals surface area contributed by atoms with Crippen LogP contribution in [0.3, 0.4) is 0 Å². The van der Waals surface area contributed by atoms with Crippen molar-refractivity contribution in [3.8, 4) is 0 Å². The lowest BCUT2D eigenvalue weighted by atomic mass is 10.0. The SMILES string of the molecule is CNC(CCN(CCO)CCO)c1ccc(Br)cc1. The van der Waals surface area contributed by atoms with E-state index in [9.17, 15) is 0 Å². The van der Waals surface area contributed by atoms with E-state index >= 15 is 0 Å². The number of benzene rings is 1. The van der Waals surface area contributed by atoms with Crippen molar-refractivity contribution in [3.05, 3.63) is 34.3 Å². The molecule has 1 rings (SSSR count). The molecule has 0 saturated carbocycles. The van der Waals surface area contributed by atoms with E-state index in [4.69, 9.17) is 10.2 Å². The minimum absolute atomic E-state index is 0.127. The monoisotopic (exact) mass is 330 g/mol. The van der Waals surface area contributed by atoms with Crippen LogP contribution in [-0.2, 0) is 0 Å². The van der Waals surface area contributed by atoms with Crippen molar-refractivity contribution < 1.29 is 10.2 Å². The molecule has 0 aliphatic rings. The van der Waals surface area contributed by atoms with Crippen LogP contribution in [-0.4, -0.2) is 55.0 Å². The molecule has 3 N–H and O–H groups in total. The maximum atomic E-state index is 8.99. The minimum atomic E-state index is 0.127. The average molecular weight is 331 g/mol. The highest BCUT2D eigenvalue weighted by atomic mass is 79.9. The summed E-state index contributed by atoms with van der Waals surface area (Å²) in [5.74, 6) is 0. The van der Waals surface area contributed by atoms with Gasteiger partial charge in [0.15, 0.2) is 0 Å². The number of halogens is 1. The molecule has 0 heterocycles. The molecule has 0 bridgehead atoms. The van der Waals surface area contributed by atoms with Crippen molar-refractivity contribution in [2.45, 2.75) is 12.5 Å². The molecule has 1 atom stereocenters. The van der Waals surface area contributed by atoms with Gasteiger partial charge in [-0.25, -0.2) is 0 Å². The fourth-order valence-electron chi connectivity index (χ4n) is 2.10. The predicted molar refractivity (Wildman–Crippen MR) is 81.2 cm³/mol. The zero-order valence-corrected chi connectivity index (χ0v) is 12.9. The quantitative estimate of drug-likeness (QED) is 0.640. The van der Waals surface area contributed by atoms with Gasteiger partial charge in [-0.05, 0) is 31.2 Å². The number of nitrogens with zero attached hydrogens (tertiary/aromatic N) is 1. The summed E-state index contributed by atoms with van der Waals surface area (Å²) in [7, 11) is 1.95. The van der Waals surface area contributed by atoms with Gasteiger partial charge in [-0.3, -0.25) is 4.90 Å². The molecule has 0 fully saturated rings. The zero-order valence-electron chi connectivity index (χ0n) is 11.3. The summed E-state index contributed by atoms with van der Waals surface area (Å²) >= 11 is 3.44. The molecule has 0 aliphatic heterocycles. The number of hydrogen-bond acceptors (Lipinski definition) is 4. The van der Waals surface area contributed by atoms with E-state index < -0.39 is 0 Å². The molecule has 5 heteroatoms. The Labute approximate surface area is 123 Å². The summed E-state index contributed by atoms with van der Waals surface area (Å²) in [5.41, 5.74) is 1.25. The van der Waals surface area contributed by atoms with Gasteiger partial charge in [-0.15, -0.1) is 0 Å². The third-order valence-electron chi connectivity index (χ3n) is 3.19. The van der Waals surface area contributed by atoms with Crippen LogP contribution in [0, 0.1) is 0 Å². The summed E-state index contributed by atoms with van der Waals surface area (Å²) in [4.78, 5) is 2.07. The van der Waals surface area contributed by atoms with E-state index in [1.807, 2.05) is 19.2 Å². The number of hydrogen-bond donors (Lipinski definition) is 3. The van der Waals surface area contributed by atoms with Gasteiger partial charge < -0.3 is 15.5 Å². The van der Waals surface area contributed by atoms with E-state index in [-0.39, 0.29) is 19.3 Å². The summed E-state index contributed by atoms with van der Waals surface area (Å²) < 4.78 is 1.08. The average Bonchev–Trinajstić information content (AvgIpc) is 2.41. The van der Waals surface area contributed by atoms with Crippen molar-refractivity contribution in [2.24, 2.45) is 0 Å². The molecule has 108 valence electrons. The molecule has 19 heavy (non-hydrogen) atoms. The first-order valence-electron chi connectivity index (χ1n) is 6.58. The minimum Gasteiger partial charge on any atom is -0.395 e. The van der Waals surface area contributed by atoms with Gasteiger partial charge in [-0.1, -0.05) is 28.1 Å². The Morgan fingerprint density at radius 2 is 1.68 bits per heavy atom. The van der Waals surface area contributed by atoms with E-state index in [1.54, 1.807) is 0 Å². The summed E-state index contributed by atoms with van der Waals surface area (Å²) in [6.45, 7) is 2.32. The molecule has 1 aromatic rings. The Morgan fingerprint density at radius 3 is 2.16 bits per heavy atom. The number of aliphatic hydroxyl groups excluding tert-OH is 2. The third-order valence-corrected chi connectivity index (χ3v) is 3.72. The summed E-state index contributed by atoms with van der Waals surface area (Å²) in [5, 5.41) is 21.3. The van der Waals surface area contributed by atoms with Crippen LogP contribution in [0.1, 0.15) is 18.0 Å². The van der Waals surface area contributed by atoms with Crippen molar-refractivity contribution in [3.63, 3.8) is 0 Å². The molecule has 1 aromatic carbocycles. The fourth-order valence-corrected chi connectivity index (χ4v) is 2.37. The highest BCUT2D eigenvalue weighted by Gasteiger charge is 2.11. The van der Waals surface area contributed by atoms with E-state index in [0.717, 1.165) is 17.4 Å². The first-order chi connectivity index (χ1) is 9.21. The van der Waals surface area contributed by atoms with Gasteiger partial charge in [-0.2, -0.15) is 0 Å². The first-order valence-corrected chi connectivity index (χ1v) is 7.37. The van der Waals surface area contributed by atoms with Gasteiger partial charge in [0.25, 0.3) is 0 Å². The second-order valence-electron chi connectivity index (χ2n) is 4.47. The van der Waals surface area contributed by atoms with Gasteiger partial charge in [0.05, 0.1) is 13.2 Å². The fraction of sp³-hybridized carbons (Fsp3) is 0.571. The van der Waals surface area contributed by atoms with Crippen LogP contribution < -0.4 is 5.32 Å². The third kappa shape index (κ3) is 6.01. The van der Waals surface area contributed by atoms with Gasteiger partial charge in [0.1, 0.15) is 0 Å². The van der Waals surface area contributed by atoms with Crippen LogP contribution in [0.4, 0.5) is 0 Å².